The van der Waals surface area contributed by atoms with Crippen LogP contribution >= 0.6 is 0 Å². The van der Waals surface area contributed by atoms with E-state index in [4.69, 9.17) is 4.52 Å². The minimum absolute atomic E-state index is 0.156. The molecule has 0 unspecified atom stereocenters. The standard InChI is InChI=1S/C17H23N5O2/c1-2-13-7-15(20-9-19-13)18-8-12-5-11(6-14(12)23)17-21-16(22-24-17)10-3-4-10/h7,9-12,14,23H,2-6,8H2,1H3,(H,18,19,20)/t11-,12+,14+/m0/s1. The fraction of sp³-hybridized carbons (Fsp3) is 0.647. The summed E-state index contributed by atoms with van der Waals surface area (Å²) >= 11 is 0. The van der Waals surface area contributed by atoms with Crippen LogP contribution in [-0.4, -0.2) is 37.9 Å². The summed E-state index contributed by atoms with van der Waals surface area (Å²) in [4.78, 5) is 13.0. The van der Waals surface area contributed by atoms with Gasteiger partial charge in [-0.3, -0.25) is 0 Å². The molecule has 0 saturated heterocycles. The predicted molar refractivity (Wildman–Crippen MR) is 87.6 cm³/mol. The van der Waals surface area contributed by atoms with Crippen molar-refractivity contribution in [1.82, 2.24) is 20.1 Å². The summed E-state index contributed by atoms with van der Waals surface area (Å²) in [6.45, 7) is 2.75. The van der Waals surface area contributed by atoms with E-state index >= 15 is 0 Å². The molecular formula is C17H23N5O2. The Morgan fingerprint density at radius 2 is 2.12 bits per heavy atom. The molecule has 2 aliphatic carbocycles. The van der Waals surface area contributed by atoms with E-state index in [9.17, 15) is 5.11 Å². The van der Waals surface area contributed by atoms with Gasteiger partial charge >= 0.3 is 0 Å². The fourth-order valence-corrected chi connectivity index (χ4v) is 3.37. The van der Waals surface area contributed by atoms with Crippen LogP contribution < -0.4 is 5.32 Å². The van der Waals surface area contributed by atoms with Gasteiger partial charge in [-0.05, 0) is 32.1 Å². The molecule has 2 fully saturated rings. The zero-order chi connectivity index (χ0) is 16.5. The van der Waals surface area contributed by atoms with Crippen LogP contribution in [0.2, 0.25) is 0 Å². The number of nitrogens with one attached hydrogen (secondary N) is 1. The SMILES string of the molecule is CCc1cc(NC[C@H]2C[C@H](c3nc(C4CC4)no3)C[C@H]2O)ncn1. The number of aromatic nitrogens is 4. The average molecular weight is 329 g/mol. The van der Waals surface area contributed by atoms with Crippen molar-refractivity contribution < 1.29 is 9.63 Å². The molecule has 3 atom stereocenters. The summed E-state index contributed by atoms with van der Waals surface area (Å²) in [6.07, 6.45) is 5.97. The van der Waals surface area contributed by atoms with Crippen LogP contribution in [0.4, 0.5) is 5.82 Å². The highest BCUT2D eigenvalue weighted by atomic mass is 16.5. The molecule has 24 heavy (non-hydrogen) atoms. The fourth-order valence-electron chi connectivity index (χ4n) is 3.37. The van der Waals surface area contributed by atoms with Gasteiger partial charge in [-0.25, -0.2) is 9.97 Å². The summed E-state index contributed by atoms with van der Waals surface area (Å²) in [5.74, 6) is 3.15. The van der Waals surface area contributed by atoms with E-state index in [1.165, 1.54) is 0 Å². The van der Waals surface area contributed by atoms with Gasteiger partial charge < -0.3 is 14.9 Å². The van der Waals surface area contributed by atoms with Crippen LogP contribution in [-0.2, 0) is 6.42 Å². The molecule has 0 bridgehead atoms. The number of aryl methyl sites for hydroxylation is 1. The van der Waals surface area contributed by atoms with E-state index in [1.54, 1.807) is 6.33 Å². The van der Waals surface area contributed by atoms with Crippen LogP contribution in [0.3, 0.4) is 0 Å². The van der Waals surface area contributed by atoms with Crippen molar-refractivity contribution in [3.05, 3.63) is 29.8 Å². The summed E-state index contributed by atoms with van der Waals surface area (Å²) in [5.41, 5.74) is 1.01. The Balaban J connectivity index is 1.35. The maximum atomic E-state index is 10.4. The van der Waals surface area contributed by atoms with E-state index in [2.05, 4.69) is 32.3 Å². The van der Waals surface area contributed by atoms with Crippen LogP contribution in [0, 0.1) is 5.92 Å². The number of rotatable bonds is 6. The van der Waals surface area contributed by atoms with Gasteiger partial charge in [0.1, 0.15) is 12.1 Å². The van der Waals surface area contributed by atoms with Crippen LogP contribution in [0.15, 0.2) is 16.9 Å². The lowest BCUT2D eigenvalue weighted by Crippen LogP contribution is -2.22. The van der Waals surface area contributed by atoms with E-state index < -0.39 is 0 Å². The minimum atomic E-state index is -0.355. The van der Waals surface area contributed by atoms with Crippen molar-refractivity contribution in [2.24, 2.45) is 5.92 Å². The molecule has 0 radical (unpaired) electrons. The van der Waals surface area contributed by atoms with Crippen molar-refractivity contribution in [3.63, 3.8) is 0 Å². The molecule has 128 valence electrons. The summed E-state index contributed by atoms with van der Waals surface area (Å²) in [7, 11) is 0. The molecule has 0 spiro atoms. The Bertz CT molecular complexity index is 700. The molecule has 2 heterocycles. The first-order valence-electron chi connectivity index (χ1n) is 8.79. The largest absolute Gasteiger partial charge is 0.393 e. The van der Waals surface area contributed by atoms with Crippen molar-refractivity contribution in [1.29, 1.82) is 0 Å². The van der Waals surface area contributed by atoms with Crippen LogP contribution in [0.25, 0.3) is 0 Å². The topological polar surface area (TPSA) is 97.0 Å². The van der Waals surface area contributed by atoms with Crippen molar-refractivity contribution in [2.75, 3.05) is 11.9 Å². The predicted octanol–water partition coefficient (Wildman–Crippen LogP) is 2.27. The van der Waals surface area contributed by atoms with Crippen LogP contribution in [0.5, 0.6) is 0 Å². The molecule has 0 aromatic carbocycles. The Hall–Kier alpha value is -2.02. The average Bonchev–Trinajstić information content (AvgIpc) is 3.22. The Morgan fingerprint density at radius 1 is 1.25 bits per heavy atom. The zero-order valence-corrected chi connectivity index (χ0v) is 13.9. The maximum Gasteiger partial charge on any atom is 0.229 e. The number of nitrogens with zero attached hydrogens (tertiary/aromatic N) is 4. The van der Waals surface area contributed by atoms with Crippen LogP contribution in [0.1, 0.15) is 61.9 Å². The maximum absolute atomic E-state index is 10.4. The van der Waals surface area contributed by atoms with Gasteiger partial charge in [-0.15, -0.1) is 0 Å². The molecule has 4 rings (SSSR count). The molecule has 2 aromatic rings. The van der Waals surface area contributed by atoms with E-state index in [0.717, 1.165) is 43.0 Å². The third kappa shape index (κ3) is 3.26. The van der Waals surface area contributed by atoms with E-state index in [-0.39, 0.29) is 17.9 Å². The minimum Gasteiger partial charge on any atom is -0.393 e. The molecule has 0 aliphatic heterocycles. The Labute approximate surface area is 140 Å². The second-order valence-corrected chi connectivity index (χ2v) is 6.89. The lowest BCUT2D eigenvalue weighted by molar-refractivity contribution is 0.137. The van der Waals surface area contributed by atoms with Crippen molar-refractivity contribution in [3.8, 4) is 0 Å². The number of hydrogen-bond donors (Lipinski definition) is 2. The molecule has 7 nitrogen and oxygen atoms in total. The second-order valence-electron chi connectivity index (χ2n) is 6.89. The summed E-state index contributed by atoms with van der Waals surface area (Å²) in [5, 5.41) is 17.8. The molecule has 2 aromatic heterocycles. The first-order chi connectivity index (χ1) is 11.7. The molecule has 2 aliphatic rings. The van der Waals surface area contributed by atoms with Gasteiger partial charge in [-0.1, -0.05) is 12.1 Å². The molecule has 7 heteroatoms. The number of aliphatic hydroxyl groups excluding tert-OH is 1. The number of hydrogen-bond acceptors (Lipinski definition) is 7. The monoisotopic (exact) mass is 329 g/mol. The van der Waals surface area contributed by atoms with Gasteiger partial charge in [0.2, 0.25) is 5.89 Å². The van der Waals surface area contributed by atoms with Crippen molar-refractivity contribution in [2.45, 2.75) is 57.0 Å². The van der Waals surface area contributed by atoms with Gasteiger partial charge in [0.05, 0.1) is 6.10 Å². The summed E-state index contributed by atoms with van der Waals surface area (Å²) in [6, 6.07) is 1.96. The summed E-state index contributed by atoms with van der Waals surface area (Å²) < 4.78 is 5.43. The third-order valence-corrected chi connectivity index (χ3v) is 5.04. The normalized spacial score (nSPS) is 26.7. The highest BCUT2D eigenvalue weighted by Gasteiger charge is 2.38. The highest BCUT2D eigenvalue weighted by Crippen LogP contribution is 2.41. The Kier molecular flexibility index (Phi) is 4.18. The quantitative estimate of drug-likeness (QED) is 0.839. The van der Waals surface area contributed by atoms with Gasteiger partial charge in [0.15, 0.2) is 5.82 Å². The second kappa shape index (κ2) is 6.47. The number of anilines is 1. The molecule has 2 saturated carbocycles. The molecular weight excluding hydrogens is 306 g/mol. The van der Waals surface area contributed by atoms with Crippen molar-refractivity contribution >= 4 is 5.82 Å². The molecule has 2 N–H and O–H groups in total. The first-order valence-corrected chi connectivity index (χ1v) is 8.79. The zero-order valence-electron chi connectivity index (χ0n) is 13.9. The van der Waals surface area contributed by atoms with E-state index in [1.807, 2.05) is 6.07 Å². The van der Waals surface area contributed by atoms with E-state index in [0.29, 0.717) is 24.8 Å². The lowest BCUT2D eigenvalue weighted by Gasteiger charge is -2.15. The number of aliphatic hydroxyl groups is 1. The van der Waals surface area contributed by atoms with Gasteiger partial charge in [0.25, 0.3) is 0 Å². The van der Waals surface area contributed by atoms with Gasteiger partial charge in [0, 0.05) is 36.1 Å². The highest BCUT2D eigenvalue weighted by molar-refractivity contribution is 5.35. The molecule has 0 amide bonds. The smallest absolute Gasteiger partial charge is 0.229 e. The lowest BCUT2D eigenvalue weighted by atomic mass is 10.0. The van der Waals surface area contributed by atoms with Gasteiger partial charge in [-0.2, -0.15) is 4.98 Å². The Morgan fingerprint density at radius 3 is 2.92 bits per heavy atom. The third-order valence-electron chi connectivity index (χ3n) is 5.04. The first kappa shape index (κ1) is 15.5.